The van der Waals surface area contributed by atoms with Crippen molar-refractivity contribution < 1.29 is 4.74 Å². The SMILES string of the molecule is CCNC1CCOC1N. The van der Waals surface area contributed by atoms with E-state index < -0.39 is 0 Å². The van der Waals surface area contributed by atoms with Crippen LogP contribution in [0.4, 0.5) is 0 Å². The Bertz CT molecular complexity index is 87.1. The van der Waals surface area contributed by atoms with Gasteiger partial charge in [0.15, 0.2) is 0 Å². The van der Waals surface area contributed by atoms with Crippen molar-refractivity contribution >= 4 is 0 Å². The first-order valence-corrected chi connectivity index (χ1v) is 3.45. The lowest BCUT2D eigenvalue weighted by molar-refractivity contribution is 0.104. The van der Waals surface area contributed by atoms with Crippen LogP contribution in [0.2, 0.25) is 0 Å². The first-order chi connectivity index (χ1) is 4.34. The zero-order chi connectivity index (χ0) is 6.69. The zero-order valence-corrected chi connectivity index (χ0v) is 5.76. The molecule has 1 rings (SSSR count). The van der Waals surface area contributed by atoms with Gasteiger partial charge in [0.25, 0.3) is 0 Å². The average molecular weight is 130 g/mol. The van der Waals surface area contributed by atoms with Crippen LogP contribution in [-0.4, -0.2) is 25.4 Å². The van der Waals surface area contributed by atoms with E-state index in [1.54, 1.807) is 0 Å². The Morgan fingerprint density at radius 1 is 1.78 bits per heavy atom. The molecule has 54 valence electrons. The maximum Gasteiger partial charge on any atom is 0.121 e. The standard InChI is InChI=1S/C6H14N2O/c1-2-8-5-3-4-9-6(5)7/h5-6,8H,2-4,7H2,1H3. The molecule has 0 aromatic carbocycles. The number of likely N-dealkylation sites (N-methyl/N-ethyl adjacent to an activating group) is 1. The molecule has 0 bridgehead atoms. The smallest absolute Gasteiger partial charge is 0.121 e. The fourth-order valence-electron chi connectivity index (χ4n) is 1.09. The maximum atomic E-state index is 5.58. The van der Waals surface area contributed by atoms with Gasteiger partial charge in [-0.1, -0.05) is 6.92 Å². The first kappa shape index (κ1) is 6.99. The van der Waals surface area contributed by atoms with Crippen molar-refractivity contribution in [1.82, 2.24) is 5.32 Å². The van der Waals surface area contributed by atoms with Gasteiger partial charge in [0.05, 0.1) is 6.61 Å². The summed E-state index contributed by atoms with van der Waals surface area (Å²) in [6.45, 7) is 3.85. The van der Waals surface area contributed by atoms with Crippen LogP contribution in [0.1, 0.15) is 13.3 Å². The topological polar surface area (TPSA) is 47.3 Å². The second kappa shape index (κ2) is 3.15. The molecule has 0 radical (unpaired) electrons. The highest BCUT2D eigenvalue weighted by atomic mass is 16.5. The molecule has 3 nitrogen and oxygen atoms in total. The van der Waals surface area contributed by atoms with Crippen LogP contribution in [0, 0.1) is 0 Å². The molecule has 3 N–H and O–H groups in total. The van der Waals surface area contributed by atoms with Crippen molar-refractivity contribution in [3.8, 4) is 0 Å². The first-order valence-electron chi connectivity index (χ1n) is 3.45. The third kappa shape index (κ3) is 1.64. The minimum atomic E-state index is -0.0788. The van der Waals surface area contributed by atoms with Crippen molar-refractivity contribution in [2.75, 3.05) is 13.2 Å². The number of rotatable bonds is 2. The van der Waals surface area contributed by atoms with E-state index in [2.05, 4.69) is 12.2 Å². The molecule has 2 unspecified atom stereocenters. The largest absolute Gasteiger partial charge is 0.362 e. The lowest BCUT2D eigenvalue weighted by Crippen LogP contribution is -2.41. The van der Waals surface area contributed by atoms with Gasteiger partial charge in [0.2, 0.25) is 0 Å². The quantitative estimate of drug-likeness (QED) is 0.538. The van der Waals surface area contributed by atoms with Crippen LogP contribution >= 0.6 is 0 Å². The summed E-state index contributed by atoms with van der Waals surface area (Å²) in [6, 6.07) is 0.384. The molecule has 0 aromatic rings. The van der Waals surface area contributed by atoms with Crippen LogP contribution in [0.15, 0.2) is 0 Å². The summed E-state index contributed by atoms with van der Waals surface area (Å²) in [5.41, 5.74) is 5.58. The molecule has 0 amide bonds. The predicted octanol–water partition coefficient (Wildman–Crippen LogP) is -0.330. The number of hydrogen-bond donors (Lipinski definition) is 2. The third-order valence-corrected chi connectivity index (χ3v) is 1.60. The van der Waals surface area contributed by atoms with Crippen LogP contribution in [0.5, 0.6) is 0 Å². The van der Waals surface area contributed by atoms with Gasteiger partial charge in [-0.2, -0.15) is 0 Å². The average Bonchev–Trinajstić information content (AvgIpc) is 2.18. The number of hydrogen-bond acceptors (Lipinski definition) is 3. The summed E-state index contributed by atoms with van der Waals surface area (Å²) in [5.74, 6) is 0. The van der Waals surface area contributed by atoms with Gasteiger partial charge in [-0.05, 0) is 13.0 Å². The molecule has 1 aliphatic rings. The summed E-state index contributed by atoms with van der Waals surface area (Å²) < 4.78 is 5.13. The lowest BCUT2D eigenvalue weighted by atomic mass is 10.2. The Labute approximate surface area is 55.6 Å². The minimum absolute atomic E-state index is 0.0788. The second-order valence-corrected chi connectivity index (χ2v) is 2.29. The summed E-state index contributed by atoms with van der Waals surface area (Å²) in [6.07, 6.45) is 0.972. The number of ether oxygens (including phenoxy) is 1. The summed E-state index contributed by atoms with van der Waals surface area (Å²) in [4.78, 5) is 0. The third-order valence-electron chi connectivity index (χ3n) is 1.60. The van der Waals surface area contributed by atoms with Crippen molar-refractivity contribution in [2.24, 2.45) is 5.73 Å². The van der Waals surface area contributed by atoms with Gasteiger partial charge < -0.3 is 15.8 Å². The fraction of sp³-hybridized carbons (Fsp3) is 1.00. The summed E-state index contributed by atoms with van der Waals surface area (Å²) >= 11 is 0. The highest BCUT2D eigenvalue weighted by Gasteiger charge is 2.22. The molecule has 1 heterocycles. The maximum absolute atomic E-state index is 5.58. The normalized spacial score (nSPS) is 35.3. The molecule has 0 saturated carbocycles. The monoisotopic (exact) mass is 130 g/mol. The summed E-state index contributed by atoms with van der Waals surface area (Å²) in [7, 11) is 0. The van der Waals surface area contributed by atoms with Gasteiger partial charge >= 0.3 is 0 Å². The molecular formula is C6H14N2O. The number of nitrogens with two attached hydrogens (primary N) is 1. The molecular weight excluding hydrogens is 116 g/mol. The van der Waals surface area contributed by atoms with Gasteiger partial charge in [-0.15, -0.1) is 0 Å². The van der Waals surface area contributed by atoms with E-state index in [0.717, 1.165) is 19.6 Å². The Morgan fingerprint density at radius 3 is 3.00 bits per heavy atom. The predicted molar refractivity (Wildman–Crippen MR) is 36.0 cm³/mol. The summed E-state index contributed by atoms with van der Waals surface area (Å²) in [5, 5.41) is 3.24. The van der Waals surface area contributed by atoms with E-state index in [1.165, 1.54) is 0 Å². The van der Waals surface area contributed by atoms with Crippen LogP contribution < -0.4 is 11.1 Å². The van der Waals surface area contributed by atoms with E-state index >= 15 is 0 Å². The molecule has 1 aliphatic heterocycles. The van der Waals surface area contributed by atoms with E-state index in [9.17, 15) is 0 Å². The molecule has 1 fully saturated rings. The minimum Gasteiger partial charge on any atom is -0.362 e. The molecule has 9 heavy (non-hydrogen) atoms. The Kier molecular flexibility index (Phi) is 2.45. The Morgan fingerprint density at radius 2 is 2.56 bits per heavy atom. The van der Waals surface area contributed by atoms with Crippen molar-refractivity contribution in [3.05, 3.63) is 0 Å². The molecule has 0 aliphatic carbocycles. The van der Waals surface area contributed by atoms with E-state index in [-0.39, 0.29) is 6.23 Å². The Hall–Kier alpha value is -0.120. The molecule has 0 spiro atoms. The van der Waals surface area contributed by atoms with Gasteiger partial charge in [0, 0.05) is 6.04 Å². The van der Waals surface area contributed by atoms with E-state index in [4.69, 9.17) is 10.5 Å². The zero-order valence-electron chi connectivity index (χ0n) is 5.76. The van der Waals surface area contributed by atoms with Crippen molar-refractivity contribution in [1.29, 1.82) is 0 Å². The highest BCUT2D eigenvalue weighted by molar-refractivity contribution is 4.76. The van der Waals surface area contributed by atoms with Crippen LogP contribution in [0.3, 0.4) is 0 Å². The van der Waals surface area contributed by atoms with E-state index in [1.807, 2.05) is 0 Å². The van der Waals surface area contributed by atoms with Gasteiger partial charge in [-0.3, -0.25) is 0 Å². The van der Waals surface area contributed by atoms with Crippen LogP contribution in [0.25, 0.3) is 0 Å². The van der Waals surface area contributed by atoms with Crippen LogP contribution in [-0.2, 0) is 4.74 Å². The lowest BCUT2D eigenvalue weighted by Gasteiger charge is -2.13. The van der Waals surface area contributed by atoms with E-state index in [0.29, 0.717) is 6.04 Å². The fourth-order valence-corrected chi connectivity index (χ4v) is 1.09. The van der Waals surface area contributed by atoms with Crippen molar-refractivity contribution in [3.63, 3.8) is 0 Å². The highest BCUT2D eigenvalue weighted by Crippen LogP contribution is 2.07. The van der Waals surface area contributed by atoms with Gasteiger partial charge in [0.1, 0.15) is 6.23 Å². The number of nitrogens with one attached hydrogen (secondary N) is 1. The second-order valence-electron chi connectivity index (χ2n) is 2.29. The Balaban J connectivity index is 2.22. The van der Waals surface area contributed by atoms with Crippen molar-refractivity contribution in [2.45, 2.75) is 25.6 Å². The molecule has 0 aromatic heterocycles. The van der Waals surface area contributed by atoms with Gasteiger partial charge in [-0.25, -0.2) is 0 Å². The molecule has 2 atom stereocenters. The molecule has 3 heteroatoms. The molecule has 1 saturated heterocycles.